The minimum Gasteiger partial charge on any atom is -0.263 e. The first-order chi connectivity index (χ1) is 8.38. The van der Waals surface area contributed by atoms with Gasteiger partial charge in [0.1, 0.15) is 5.82 Å². The van der Waals surface area contributed by atoms with Crippen LogP contribution in [0.2, 0.25) is 0 Å². The van der Waals surface area contributed by atoms with Crippen LogP contribution in [0.3, 0.4) is 0 Å². The van der Waals surface area contributed by atoms with E-state index in [1.165, 1.54) is 12.0 Å². The predicted octanol–water partition coefficient (Wildman–Crippen LogP) is 3.03. The van der Waals surface area contributed by atoms with Crippen LogP contribution in [0.4, 0.5) is 0 Å². The molecule has 1 aliphatic rings. The standard InChI is InChI=1S/C14H17N3/c1-2-6-13-15-14(17-16-13)12-9-11(12)10-7-4-3-5-8-10/h3-5,7-8,11-12H,2,6,9H2,1H3,(H,15,16,17). The van der Waals surface area contributed by atoms with Gasteiger partial charge in [0, 0.05) is 12.3 Å². The monoisotopic (exact) mass is 227 g/mol. The largest absolute Gasteiger partial charge is 0.263 e. The van der Waals surface area contributed by atoms with Crippen molar-refractivity contribution in [3.05, 3.63) is 47.5 Å². The van der Waals surface area contributed by atoms with Crippen LogP contribution in [-0.4, -0.2) is 15.2 Å². The lowest BCUT2D eigenvalue weighted by atomic mass is 10.1. The van der Waals surface area contributed by atoms with Gasteiger partial charge in [0.2, 0.25) is 0 Å². The molecule has 1 aromatic carbocycles. The fourth-order valence-corrected chi connectivity index (χ4v) is 2.37. The Hall–Kier alpha value is -1.64. The summed E-state index contributed by atoms with van der Waals surface area (Å²) in [4.78, 5) is 4.57. The summed E-state index contributed by atoms with van der Waals surface area (Å²) in [5.74, 6) is 3.18. The Morgan fingerprint density at radius 2 is 2.06 bits per heavy atom. The molecular weight excluding hydrogens is 210 g/mol. The zero-order valence-electron chi connectivity index (χ0n) is 10.1. The quantitative estimate of drug-likeness (QED) is 0.872. The van der Waals surface area contributed by atoms with Crippen molar-refractivity contribution < 1.29 is 0 Å². The van der Waals surface area contributed by atoms with E-state index in [9.17, 15) is 0 Å². The molecule has 1 aromatic heterocycles. The Balaban J connectivity index is 1.71. The average molecular weight is 227 g/mol. The summed E-state index contributed by atoms with van der Waals surface area (Å²) in [6, 6.07) is 10.7. The van der Waals surface area contributed by atoms with Crippen LogP contribution in [0.25, 0.3) is 0 Å². The number of nitrogens with zero attached hydrogens (tertiary/aromatic N) is 2. The predicted molar refractivity (Wildman–Crippen MR) is 66.9 cm³/mol. The lowest BCUT2D eigenvalue weighted by Gasteiger charge is -1.96. The second-order valence-corrected chi connectivity index (χ2v) is 4.75. The van der Waals surface area contributed by atoms with Crippen molar-refractivity contribution in [2.24, 2.45) is 0 Å². The second-order valence-electron chi connectivity index (χ2n) is 4.75. The third-order valence-electron chi connectivity index (χ3n) is 3.39. The maximum absolute atomic E-state index is 4.57. The van der Waals surface area contributed by atoms with Gasteiger partial charge >= 0.3 is 0 Å². The van der Waals surface area contributed by atoms with Gasteiger partial charge in [-0.3, -0.25) is 5.10 Å². The number of aromatic nitrogens is 3. The number of hydrogen-bond donors (Lipinski definition) is 1. The van der Waals surface area contributed by atoms with Gasteiger partial charge in [-0.1, -0.05) is 37.3 Å². The maximum atomic E-state index is 4.57. The highest BCUT2D eigenvalue weighted by Crippen LogP contribution is 2.53. The van der Waals surface area contributed by atoms with Crippen LogP contribution in [0.1, 0.15) is 48.8 Å². The first-order valence-corrected chi connectivity index (χ1v) is 6.34. The van der Waals surface area contributed by atoms with E-state index in [-0.39, 0.29) is 0 Å². The van der Waals surface area contributed by atoms with Crippen LogP contribution in [0, 0.1) is 0 Å². The van der Waals surface area contributed by atoms with E-state index in [0.717, 1.165) is 24.5 Å². The summed E-state index contributed by atoms with van der Waals surface area (Å²) in [5, 5.41) is 7.38. The fourth-order valence-electron chi connectivity index (χ4n) is 2.37. The molecule has 0 amide bonds. The summed E-state index contributed by atoms with van der Waals surface area (Å²) in [6.07, 6.45) is 3.30. The highest BCUT2D eigenvalue weighted by molar-refractivity contribution is 5.31. The van der Waals surface area contributed by atoms with Gasteiger partial charge in [0.25, 0.3) is 0 Å². The third-order valence-corrected chi connectivity index (χ3v) is 3.39. The zero-order valence-corrected chi connectivity index (χ0v) is 10.1. The molecule has 3 nitrogen and oxygen atoms in total. The van der Waals surface area contributed by atoms with E-state index < -0.39 is 0 Å². The summed E-state index contributed by atoms with van der Waals surface area (Å²) in [7, 11) is 0. The van der Waals surface area contributed by atoms with Crippen LogP contribution in [0.15, 0.2) is 30.3 Å². The molecule has 0 saturated heterocycles. The molecule has 0 spiro atoms. The van der Waals surface area contributed by atoms with Gasteiger partial charge in [-0.15, -0.1) is 0 Å². The average Bonchev–Trinajstić information content (AvgIpc) is 3.04. The Morgan fingerprint density at radius 3 is 2.82 bits per heavy atom. The van der Waals surface area contributed by atoms with Crippen molar-refractivity contribution in [1.29, 1.82) is 0 Å². The van der Waals surface area contributed by atoms with Gasteiger partial charge in [-0.05, 0) is 24.3 Å². The van der Waals surface area contributed by atoms with E-state index >= 15 is 0 Å². The SMILES string of the molecule is CCCc1nc(C2CC2c2ccccc2)n[nH]1. The van der Waals surface area contributed by atoms with Crippen molar-refractivity contribution in [2.75, 3.05) is 0 Å². The van der Waals surface area contributed by atoms with E-state index in [4.69, 9.17) is 0 Å². The highest BCUT2D eigenvalue weighted by atomic mass is 15.2. The number of rotatable bonds is 4. The van der Waals surface area contributed by atoms with E-state index in [0.29, 0.717) is 11.8 Å². The van der Waals surface area contributed by atoms with Gasteiger partial charge in [0.15, 0.2) is 5.82 Å². The number of hydrogen-bond acceptors (Lipinski definition) is 2. The van der Waals surface area contributed by atoms with E-state index in [2.05, 4.69) is 52.4 Å². The molecule has 1 fully saturated rings. The molecule has 0 aliphatic heterocycles. The van der Waals surface area contributed by atoms with Crippen LogP contribution in [-0.2, 0) is 6.42 Å². The Bertz CT molecular complexity index is 489. The molecule has 88 valence electrons. The number of nitrogens with one attached hydrogen (secondary N) is 1. The first-order valence-electron chi connectivity index (χ1n) is 6.34. The summed E-state index contributed by atoms with van der Waals surface area (Å²) in [6.45, 7) is 2.16. The second kappa shape index (κ2) is 4.32. The fraction of sp³-hybridized carbons (Fsp3) is 0.429. The van der Waals surface area contributed by atoms with Crippen molar-refractivity contribution in [3.8, 4) is 0 Å². The van der Waals surface area contributed by atoms with Crippen LogP contribution in [0.5, 0.6) is 0 Å². The molecule has 1 aliphatic carbocycles. The molecule has 2 unspecified atom stereocenters. The summed E-state index contributed by atoms with van der Waals surface area (Å²) >= 11 is 0. The molecule has 3 heteroatoms. The maximum Gasteiger partial charge on any atom is 0.154 e. The number of benzene rings is 1. The lowest BCUT2D eigenvalue weighted by Crippen LogP contribution is -1.88. The normalized spacial score (nSPS) is 22.6. The Kier molecular flexibility index (Phi) is 2.67. The molecule has 0 radical (unpaired) electrons. The zero-order chi connectivity index (χ0) is 11.7. The van der Waals surface area contributed by atoms with Gasteiger partial charge in [-0.2, -0.15) is 5.10 Å². The Labute approximate surface area is 101 Å². The third kappa shape index (κ3) is 2.09. The minimum absolute atomic E-state index is 0.527. The number of H-pyrrole nitrogens is 1. The van der Waals surface area contributed by atoms with Crippen molar-refractivity contribution >= 4 is 0 Å². The molecule has 2 atom stereocenters. The molecule has 1 saturated carbocycles. The number of aromatic amines is 1. The summed E-state index contributed by atoms with van der Waals surface area (Å²) < 4.78 is 0. The first kappa shape index (κ1) is 10.5. The van der Waals surface area contributed by atoms with Crippen LogP contribution < -0.4 is 0 Å². The van der Waals surface area contributed by atoms with Crippen molar-refractivity contribution in [3.63, 3.8) is 0 Å². The van der Waals surface area contributed by atoms with Gasteiger partial charge in [-0.25, -0.2) is 4.98 Å². The molecule has 0 bridgehead atoms. The molecule has 3 rings (SSSR count). The Morgan fingerprint density at radius 1 is 1.24 bits per heavy atom. The van der Waals surface area contributed by atoms with Gasteiger partial charge < -0.3 is 0 Å². The highest BCUT2D eigenvalue weighted by Gasteiger charge is 2.42. The molecule has 2 aromatic rings. The van der Waals surface area contributed by atoms with Crippen molar-refractivity contribution in [2.45, 2.75) is 38.0 Å². The minimum atomic E-state index is 0.527. The van der Waals surface area contributed by atoms with E-state index in [1.807, 2.05) is 0 Å². The smallest absolute Gasteiger partial charge is 0.154 e. The van der Waals surface area contributed by atoms with Gasteiger partial charge in [0.05, 0.1) is 0 Å². The molecule has 1 N–H and O–H groups in total. The molecule has 17 heavy (non-hydrogen) atoms. The molecule has 1 heterocycles. The van der Waals surface area contributed by atoms with Crippen molar-refractivity contribution in [1.82, 2.24) is 15.2 Å². The van der Waals surface area contributed by atoms with E-state index in [1.54, 1.807) is 0 Å². The summed E-state index contributed by atoms with van der Waals surface area (Å²) in [5.41, 5.74) is 1.42. The van der Waals surface area contributed by atoms with Crippen LogP contribution >= 0.6 is 0 Å². The molecular formula is C14H17N3. The number of aryl methyl sites for hydroxylation is 1. The lowest BCUT2D eigenvalue weighted by molar-refractivity contribution is 0.840. The topological polar surface area (TPSA) is 41.6 Å².